The van der Waals surface area contributed by atoms with Crippen molar-refractivity contribution in [2.45, 2.75) is 6.92 Å². The number of pyridine rings is 1. The summed E-state index contributed by atoms with van der Waals surface area (Å²) in [7, 11) is 0. The molecule has 5 heteroatoms. The van der Waals surface area contributed by atoms with Gasteiger partial charge in [0, 0.05) is 11.9 Å². The molecule has 0 aliphatic carbocycles. The first kappa shape index (κ1) is 12.4. The number of nitrogens with two attached hydrogens (primary N) is 1. The number of rotatable bonds is 2. The van der Waals surface area contributed by atoms with Crippen LogP contribution in [0.4, 0.5) is 11.4 Å². The first-order chi connectivity index (χ1) is 8.58. The molecular weight excluding hydrogens is 250 g/mol. The maximum absolute atomic E-state index is 12.0. The van der Waals surface area contributed by atoms with Crippen LogP contribution >= 0.6 is 11.6 Å². The Balaban J connectivity index is 2.24. The van der Waals surface area contributed by atoms with Gasteiger partial charge in [0.25, 0.3) is 5.91 Å². The van der Waals surface area contributed by atoms with Crippen LogP contribution in [0.5, 0.6) is 0 Å². The minimum absolute atomic E-state index is 0.292. The van der Waals surface area contributed by atoms with E-state index < -0.39 is 0 Å². The minimum atomic E-state index is -0.292. The van der Waals surface area contributed by atoms with Crippen LogP contribution < -0.4 is 11.1 Å². The van der Waals surface area contributed by atoms with Gasteiger partial charge in [-0.15, -0.1) is 0 Å². The predicted octanol–water partition coefficient (Wildman–Crippen LogP) is 2.88. The van der Waals surface area contributed by atoms with E-state index in [-0.39, 0.29) is 5.91 Å². The Labute approximate surface area is 110 Å². The van der Waals surface area contributed by atoms with Crippen molar-refractivity contribution < 1.29 is 4.79 Å². The Morgan fingerprint density at radius 2 is 2.17 bits per heavy atom. The predicted molar refractivity (Wildman–Crippen MR) is 72.8 cm³/mol. The molecule has 2 aromatic rings. The fourth-order valence-corrected chi connectivity index (χ4v) is 1.77. The van der Waals surface area contributed by atoms with Gasteiger partial charge in [-0.3, -0.25) is 9.78 Å². The third-order valence-electron chi connectivity index (χ3n) is 2.47. The van der Waals surface area contributed by atoms with Crippen molar-refractivity contribution in [3.05, 3.63) is 52.8 Å². The molecule has 0 saturated heterocycles. The summed E-state index contributed by atoms with van der Waals surface area (Å²) >= 11 is 5.99. The van der Waals surface area contributed by atoms with Crippen LogP contribution in [0, 0.1) is 6.92 Å². The molecule has 1 aromatic carbocycles. The Hall–Kier alpha value is -2.07. The molecule has 0 atom stereocenters. The van der Waals surface area contributed by atoms with Gasteiger partial charge >= 0.3 is 0 Å². The molecule has 3 N–H and O–H groups in total. The van der Waals surface area contributed by atoms with Gasteiger partial charge < -0.3 is 11.1 Å². The van der Waals surface area contributed by atoms with E-state index in [9.17, 15) is 4.79 Å². The van der Waals surface area contributed by atoms with E-state index in [1.54, 1.807) is 30.5 Å². The number of nitrogens with zero attached hydrogens (tertiary/aromatic N) is 1. The summed E-state index contributed by atoms with van der Waals surface area (Å²) in [5, 5.41) is 3.11. The second kappa shape index (κ2) is 5.06. The zero-order chi connectivity index (χ0) is 13.1. The van der Waals surface area contributed by atoms with Crippen LogP contribution in [0.15, 0.2) is 36.5 Å². The normalized spacial score (nSPS) is 10.1. The summed E-state index contributed by atoms with van der Waals surface area (Å²) in [5.74, 6) is -0.292. The molecule has 0 radical (unpaired) electrons. The molecule has 0 spiro atoms. The van der Waals surface area contributed by atoms with Gasteiger partial charge in [0.15, 0.2) is 0 Å². The number of benzene rings is 1. The van der Waals surface area contributed by atoms with Crippen molar-refractivity contribution in [3.8, 4) is 0 Å². The monoisotopic (exact) mass is 261 g/mol. The summed E-state index contributed by atoms with van der Waals surface area (Å²) in [4.78, 5) is 16.1. The first-order valence-electron chi connectivity index (χ1n) is 5.36. The minimum Gasteiger partial charge on any atom is -0.399 e. The molecule has 4 nitrogen and oxygen atoms in total. The van der Waals surface area contributed by atoms with Crippen molar-refractivity contribution in [1.29, 1.82) is 0 Å². The molecule has 0 aliphatic rings. The average molecular weight is 262 g/mol. The smallest absolute Gasteiger partial charge is 0.274 e. The molecule has 0 bridgehead atoms. The summed E-state index contributed by atoms with van der Waals surface area (Å²) in [5.41, 5.74) is 7.83. The number of amides is 1. The number of hydrogen-bond donors (Lipinski definition) is 2. The highest BCUT2D eigenvalue weighted by molar-refractivity contribution is 6.34. The molecule has 0 unspecified atom stereocenters. The van der Waals surface area contributed by atoms with Gasteiger partial charge in [-0.05, 0) is 36.8 Å². The highest BCUT2D eigenvalue weighted by Gasteiger charge is 2.11. The lowest BCUT2D eigenvalue weighted by Crippen LogP contribution is -2.15. The Kier molecular flexibility index (Phi) is 3.48. The molecule has 18 heavy (non-hydrogen) atoms. The van der Waals surface area contributed by atoms with Crippen LogP contribution in [0.2, 0.25) is 5.02 Å². The summed E-state index contributed by atoms with van der Waals surface area (Å²) in [6.45, 7) is 1.83. The lowest BCUT2D eigenvalue weighted by Gasteiger charge is -2.08. The Morgan fingerprint density at radius 1 is 1.39 bits per heavy atom. The molecule has 0 saturated carbocycles. The number of carbonyl (C=O) groups is 1. The molecule has 2 rings (SSSR count). The van der Waals surface area contributed by atoms with E-state index in [4.69, 9.17) is 17.3 Å². The van der Waals surface area contributed by atoms with Gasteiger partial charge in [0.05, 0.1) is 10.7 Å². The zero-order valence-corrected chi connectivity index (χ0v) is 10.5. The molecule has 0 fully saturated rings. The van der Waals surface area contributed by atoms with Crippen molar-refractivity contribution in [2.24, 2.45) is 0 Å². The first-order valence-corrected chi connectivity index (χ1v) is 5.73. The second-order valence-electron chi connectivity index (χ2n) is 3.86. The van der Waals surface area contributed by atoms with Gasteiger partial charge in [-0.1, -0.05) is 17.7 Å². The highest BCUT2D eigenvalue weighted by Crippen LogP contribution is 2.24. The second-order valence-corrected chi connectivity index (χ2v) is 4.27. The number of aryl methyl sites for hydroxylation is 1. The van der Waals surface area contributed by atoms with E-state index in [1.807, 2.05) is 13.0 Å². The van der Waals surface area contributed by atoms with Crippen LogP contribution in [-0.4, -0.2) is 10.9 Å². The quantitative estimate of drug-likeness (QED) is 0.817. The number of carbonyl (C=O) groups excluding carboxylic acids is 1. The van der Waals surface area contributed by atoms with Gasteiger partial charge in [-0.2, -0.15) is 0 Å². The third kappa shape index (κ3) is 2.60. The van der Waals surface area contributed by atoms with Crippen LogP contribution in [-0.2, 0) is 0 Å². The topological polar surface area (TPSA) is 68.0 Å². The molecule has 92 valence electrons. The summed E-state index contributed by atoms with van der Waals surface area (Å²) in [6.07, 6.45) is 1.58. The van der Waals surface area contributed by atoms with Crippen LogP contribution in [0.25, 0.3) is 0 Å². The standard InChI is InChI=1S/C13H12ClN3O/c1-8-3-2-6-16-12(8)13(18)17-11-5-4-9(15)7-10(11)14/h2-7H,15H2,1H3,(H,17,18). The van der Waals surface area contributed by atoms with E-state index in [0.717, 1.165) is 5.56 Å². The van der Waals surface area contributed by atoms with Crippen molar-refractivity contribution >= 4 is 28.9 Å². The molecule has 1 aromatic heterocycles. The van der Waals surface area contributed by atoms with Crippen molar-refractivity contribution in [1.82, 2.24) is 4.98 Å². The maximum Gasteiger partial charge on any atom is 0.274 e. The number of halogens is 1. The van der Waals surface area contributed by atoms with Gasteiger partial charge in [0.2, 0.25) is 0 Å². The number of anilines is 2. The SMILES string of the molecule is Cc1cccnc1C(=O)Nc1ccc(N)cc1Cl. The number of hydrogen-bond acceptors (Lipinski definition) is 3. The molecule has 1 heterocycles. The lowest BCUT2D eigenvalue weighted by molar-refractivity contribution is 0.102. The Morgan fingerprint density at radius 3 is 2.83 bits per heavy atom. The van der Waals surface area contributed by atoms with Gasteiger partial charge in [-0.25, -0.2) is 0 Å². The summed E-state index contributed by atoms with van der Waals surface area (Å²) < 4.78 is 0. The van der Waals surface area contributed by atoms with E-state index >= 15 is 0 Å². The summed E-state index contributed by atoms with van der Waals surface area (Å²) in [6, 6.07) is 8.53. The van der Waals surface area contributed by atoms with E-state index in [2.05, 4.69) is 10.3 Å². The fourth-order valence-electron chi connectivity index (χ4n) is 1.54. The highest BCUT2D eigenvalue weighted by atomic mass is 35.5. The molecule has 0 aliphatic heterocycles. The Bertz CT molecular complexity index is 599. The van der Waals surface area contributed by atoms with Crippen LogP contribution in [0.3, 0.4) is 0 Å². The number of nitrogens with one attached hydrogen (secondary N) is 1. The number of aromatic nitrogens is 1. The van der Waals surface area contributed by atoms with Crippen molar-refractivity contribution in [2.75, 3.05) is 11.1 Å². The third-order valence-corrected chi connectivity index (χ3v) is 2.78. The largest absolute Gasteiger partial charge is 0.399 e. The van der Waals surface area contributed by atoms with Gasteiger partial charge in [0.1, 0.15) is 5.69 Å². The van der Waals surface area contributed by atoms with Crippen molar-refractivity contribution in [3.63, 3.8) is 0 Å². The number of nitrogen functional groups attached to an aromatic ring is 1. The zero-order valence-electron chi connectivity index (χ0n) is 9.77. The molecular formula is C13H12ClN3O. The fraction of sp³-hybridized carbons (Fsp3) is 0.0769. The van der Waals surface area contributed by atoms with E-state index in [1.165, 1.54) is 0 Å². The average Bonchev–Trinajstić information content (AvgIpc) is 2.33. The van der Waals surface area contributed by atoms with E-state index in [0.29, 0.717) is 22.1 Å². The van der Waals surface area contributed by atoms with Crippen LogP contribution in [0.1, 0.15) is 16.1 Å². The maximum atomic E-state index is 12.0. The lowest BCUT2D eigenvalue weighted by atomic mass is 10.2. The molecule has 1 amide bonds.